The van der Waals surface area contributed by atoms with Crippen LogP contribution in [0.1, 0.15) is 65.7 Å². The number of carbonyl (C=O) groups is 3. The van der Waals surface area contributed by atoms with Crippen LogP contribution in [0.5, 0.6) is 0 Å². The molecule has 0 aliphatic heterocycles. The van der Waals surface area contributed by atoms with Gasteiger partial charge in [-0.15, -0.1) is 0 Å². The molecule has 0 bridgehead atoms. The maximum Gasteiger partial charge on any atom is 0.155 e. The van der Waals surface area contributed by atoms with E-state index in [1.54, 1.807) is 6.92 Å². The fraction of sp³-hybridized carbons (Fsp3) is 0.762. The van der Waals surface area contributed by atoms with Crippen molar-refractivity contribution in [2.45, 2.75) is 65.7 Å². The van der Waals surface area contributed by atoms with E-state index in [2.05, 4.69) is 13.8 Å². The van der Waals surface area contributed by atoms with Gasteiger partial charge in [0, 0.05) is 24.7 Å². The van der Waals surface area contributed by atoms with Crippen LogP contribution in [-0.2, 0) is 14.4 Å². The van der Waals surface area contributed by atoms with E-state index in [0.29, 0.717) is 30.5 Å². The first kappa shape index (κ1) is 16.2. The van der Waals surface area contributed by atoms with Gasteiger partial charge in [0.2, 0.25) is 0 Å². The fourth-order valence-electron chi connectivity index (χ4n) is 7.05. The van der Waals surface area contributed by atoms with Crippen LogP contribution in [0.4, 0.5) is 0 Å². The molecule has 4 rings (SSSR count). The van der Waals surface area contributed by atoms with E-state index in [0.717, 1.165) is 32.1 Å². The van der Waals surface area contributed by atoms with Gasteiger partial charge in [0.05, 0.1) is 0 Å². The molecule has 0 aromatic carbocycles. The first-order valence-corrected chi connectivity index (χ1v) is 9.54. The zero-order valence-corrected chi connectivity index (χ0v) is 15.1. The number of hydrogen-bond acceptors (Lipinski definition) is 3. The average Bonchev–Trinajstić information content (AvgIpc) is 2.84. The number of fused-ring (bicyclic) bond motifs is 5. The standard InChI is InChI=1S/C21H28O3/c1-12(22)16-6-7-17-15-5-4-13-10-14(23)8-9-20(13,2)19(15)18(24)11-21(16,17)3/h10,15-17,19H,4-9,11H2,1-3H3/t15-,16+,17+,19-,20+,21+/m0/s1. The predicted molar refractivity (Wildman–Crippen MR) is 91.3 cm³/mol. The van der Waals surface area contributed by atoms with Gasteiger partial charge in [-0.3, -0.25) is 14.4 Å². The molecule has 3 nitrogen and oxygen atoms in total. The van der Waals surface area contributed by atoms with Crippen LogP contribution >= 0.6 is 0 Å². The Hall–Kier alpha value is -1.25. The molecule has 3 fully saturated rings. The van der Waals surface area contributed by atoms with Crippen LogP contribution in [-0.4, -0.2) is 17.3 Å². The zero-order valence-electron chi connectivity index (χ0n) is 15.1. The molecule has 0 saturated heterocycles. The third kappa shape index (κ3) is 1.99. The molecule has 0 N–H and O–H groups in total. The summed E-state index contributed by atoms with van der Waals surface area (Å²) in [5.41, 5.74) is 0.966. The molecule has 0 heterocycles. The van der Waals surface area contributed by atoms with Crippen molar-refractivity contribution in [3.8, 4) is 0 Å². The molecule has 0 radical (unpaired) electrons. The third-order valence-corrected chi connectivity index (χ3v) is 8.14. The summed E-state index contributed by atoms with van der Waals surface area (Å²) in [5, 5.41) is 0. The molecule has 24 heavy (non-hydrogen) atoms. The lowest BCUT2D eigenvalue weighted by Gasteiger charge is -2.56. The lowest BCUT2D eigenvalue weighted by molar-refractivity contribution is -0.148. The molecule has 0 aromatic heterocycles. The molecule has 4 aliphatic carbocycles. The highest BCUT2D eigenvalue weighted by molar-refractivity contribution is 5.93. The highest BCUT2D eigenvalue weighted by Crippen LogP contribution is 2.65. The molecule has 4 aliphatic rings. The molecule has 0 aromatic rings. The number of ketones is 3. The first-order chi connectivity index (χ1) is 11.3. The predicted octanol–water partition coefficient (Wildman–Crippen LogP) is 3.90. The third-order valence-electron chi connectivity index (χ3n) is 8.14. The second-order valence-electron chi connectivity index (χ2n) is 9.23. The molecule has 3 heteroatoms. The molecule has 0 spiro atoms. The van der Waals surface area contributed by atoms with Crippen molar-refractivity contribution in [2.75, 3.05) is 0 Å². The van der Waals surface area contributed by atoms with Crippen LogP contribution in [0, 0.1) is 34.5 Å². The quantitative estimate of drug-likeness (QED) is 0.733. The Morgan fingerprint density at radius 3 is 2.58 bits per heavy atom. The first-order valence-electron chi connectivity index (χ1n) is 9.54. The van der Waals surface area contributed by atoms with Crippen LogP contribution in [0.2, 0.25) is 0 Å². The minimum Gasteiger partial charge on any atom is -0.300 e. The topological polar surface area (TPSA) is 51.2 Å². The smallest absolute Gasteiger partial charge is 0.155 e. The Kier molecular flexibility index (Phi) is 3.47. The van der Waals surface area contributed by atoms with Crippen molar-refractivity contribution in [2.24, 2.45) is 34.5 Å². The summed E-state index contributed by atoms with van der Waals surface area (Å²) < 4.78 is 0. The summed E-state index contributed by atoms with van der Waals surface area (Å²) in [7, 11) is 0. The second-order valence-corrected chi connectivity index (χ2v) is 9.23. The van der Waals surface area contributed by atoms with E-state index >= 15 is 0 Å². The van der Waals surface area contributed by atoms with Crippen molar-refractivity contribution in [1.82, 2.24) is 0 Å². The van der Waals surface area contributed by atoms with E-state index in [1.807, 2.05) is 6.08 Å². The molecular weight excluding hydrogens is 300 g/mol. The number of hydrogen-bond donors (Lipinski definition) is 0. The minimum absolute atomic E-state index is 0.0603. The second kappa shape index (κ2) is 5.12. The maximum absolute atomic E-state index is 13.3. The summed E-state index contributed by atoms with van der Waals surface area (Å²) in [4.78, 5) is 37.3. The van der Waals surface area contributed by atoms with Gasteiger partial charge in [0.25, 0.3) is 0 Å². The highest BCUT2D eigenvalue weighted by atomic mass is 16.1. The monoisotopic (exact) mass is 328 g/mol. The molecule has 3 saturated carbocycles. The SMILES string of the molecule is CC(=O)[C@H]1CC[C@@H]2[C@@H]3CCC4=CC(=O)CC[C@@]4(C)[C@@H]3C(=O)C[C@]12C. The van der Waals surface area contributed by atoms with Gasteiger partial charge in [0.1, 0.15) is 11.6 Å². The van der Waals surface area contributed by atoms with E-state index < -0.39 is 0 Å². The number of carbonyl (C=O) groups excluding carboxylic acids is 3. The number of allylic oxidation sites excluding steroid dienone is 1. The largest absolute Gasteiger partial charge is 0.300 e. The van der Waals surface area contributed by atoms with Gasteiger partial charge in [-0.25, -0.2) is 0 Å². The summed E-state index contributed by atoms with van der Waals surface area (Å²) >= 11 is 0. The van der Waals surface area contributed by atoms with E-state index in [9.17, 15) is 14.4 Å². The van der Waals surface area contributed by atoms with Gasteiger partial charge in [-0.2, -0.15) is 0 Å². The number of Topliss-reactive ketones (excluding diaryl/α,β-unsaturated/α-hetero) is 2. The van der Waals surface area contributed by atoms with Crippen molar-refractivity contribution in [3.05, 3.63) is 11.6 Å². The molecule has 130 valence electrons. The number of rotatable bonds is 1. The van der Waals surface area contributed by atoms with Crippen LogP contribution < -0.4 is 0 Å². The van der Waals surface area contributed by atoms with Crippen LogP contribution in [0.25, 0.3) is 0 Å². The summed E-state index contributed by atoms with van der Waals surface area (Å²) in [6.45, 7) is 6.12. The Balaban J connectivity index is 1.74. The van der Waals surface area contributed by atoms with Gasteiger partial charge < -0.3 is 0 Å². The maximum atomic E-state index is 13.3. The van der Waals surface area contributed by atoms with Gasteiger partial charge in [-0.1, -0.05) is 19.4 Å². The van der Waals surface area contributed by atoms with Gasteiger partial charge in [-0.05, 0) is 67.8 Å². The summed E-state index contributed by atoms with van der Waals surface area (Å²) in [6, 6.07) is 0. The molecule has 0 amide bonds. The van der Waals surface area contributed by atoms with Crippen LogP contribution in [0.3, 0.4) is 0 Å². The van der Waals surface area contributed by atoms with Gasteiger partial charge >= 0.3 is 0 Å². The Bertz CT molecular complexity index is 660. The van der Waals surface area contributed by atoms with E-state index in [4.69, 9.17) is 0 Å². The summed E-state index contributed by atoms with van der Waals surface area (Å²) in [5.74, 6) is 1.86. The van der Waals surface area contributed by atoms with Crippen molar-refractivity contribution in [3.63, 3.8) is 0 Å². The summed E-state index contributed by atoms with van der Waals surface area (Å²) in [6.07, 6.45) is 7.80. The molecular formula is C21H28O3. The average molecular weight is 328 g/mol. The van der Waals surface area contributed by atoms with Gasteiger partial charge in [0.15, 0.2) is 5.78 Å². The highest BCUT2D eigenvalue weighted by Gasteiger charge is 2.62. The van der Waals surface area contributed by atoms with Crippen LogP contribution in [0.15, 0.2) is 11.6 Å². The van der Waals surface area contributed by atoms with Crippen molar-refractivity contribution < 1.29 is 14.4 Å². The van der Waals surface area contributed by atoms with Crippen molar-refractivity contribution in [1.29, 1.82) is 0 Å². The Morgan fingerprint density at radius 1 is 1.12 bits per heavy atom. The Morgan fingerprint density at radius 2 is 1.88 bits per heavy atom. The lowest BCUT2D eigenvalue weighted by Crippen LogP contribution is -2.55. The fourth-order valence-corrected chi connectivity index (χ4v) is 7.05. The lowest BCUT2D eigenvalue weighted by atomic mass is 9.46. The minimum atomic E-state index is -0.133. The zero-order chi connectivity index (χ0) is 17.3. The molecule has 6 atom stereocenters. The van der Waals surface area contributed by atoms with E-state index in [-0.39, 0.29) is 34.2 Å². The van der Waals surface area contributed by atoms with E-state index in [1.165, 1.54) is 5.57 Å². The van der Waals surface area contributed by atoms with Crippen molar-refractivity contribution >= 4 is 17.3 Å². The molecule has 0 unspecified atom stereocenters. The normalized spacial score (nSPS) is 47.5. The Labute approximate surface area is 144 Å².